The average molecular weight is 282 g/mol. The van der Waals surface area contributed by atoms with Gasteiger partial charge in [-0.2, -0.15) is 0 Å². The summed E-state index contributed by atoms with van der Waals surface area (Å²) >= 11 is 0. The number of esters is 1. The molecule has 0 aromatic heterocycles. The minimum atomic E-state index is -0.577. The molecular weight excluding hydrogens is 252 g/mol. The minimum Gasteiger partial charge on any atom is -0.465 e. The zero-order valence-corrected chi connectivity index (χ0v) is 13.8. The molecule has 0 spiro atoms. The summed E-state index contributed by atoms with van der Waals surface area (Å²) < 4.78 is 5.22. The second-order valence-corrected chi connectivity index (χ2v) is 7.54. The Bertz CT molecular complexity index is 407. The summed E-state index contributed by atoms with van der Waals surface area (Å²) in [6.45, 7) is 9.22. The molecule has 0 aromatic rings. The number of ether oxygens (including phenoxy) is 1. The van der Waals surface area contributed by atoms with Gasteiger partial charge in [-0.25, -0.2) is 0 Å². The highest BCUT2D eigenvalue weighted by molar-refractivity contribution is 5.78. The van der Waals surface area contributed by atoms with Crippen LogP contribution in [0.4, 0.5) is 0 Å². The maximum absolute atomic E-state index is 12.3. The highest BCUT2D eigenvalue weighted by atomic mass is 16.5. The fourth-order valence-electron chi connectivity index (χ4n) is 5.18. The molecule has 0 aromatic carbocycles. The van der Waals surface area contributed by atoms with E-state index >= 15 is 0 Å². The number of carbonyl (C=O) groups is 1. The third-order valence-electron chi connectivity index (χ3n) is 6.80. The predicted molar refractivity (Wildman–Crippen MR) is 80.3 cm³/mol. The number of rotatable bonds is 4. The topological polar surface area (TPSA) is 55.6 Å². The summed E-state index contributed by atoms with van der Waals surface area (Å²) in [5.41, 5.74) is 6.37. The van der Waals surface area contributed by atoms with Crippen LogP contribution in [0, 0.1) is 16.7 Å². The van der Waals surface area contributed by atoms with Crippen LogP contribution in [0.5, 0.6) is 0 Å². The molecule has 4 heteroatoms. The Balaban J connectivity index is 2.46. The molecule has 0 unspecified atom stereocenters. The van der Waals surface area contributed by atoms with E-state index in [4.69, 9.17) is 10.5 Å². The Morgan fingerprint density at radius 2 is 2.00 bits per heavy atom. The molecule has 2 aliphatic rings. The summed E-state index contributed by atoms with van der Waals surface area (Å²) in [4.78, 5) is 14.5. The largest absolute Gasteiger partial charge is 0.465 e. The van der Waals surface area contributed by atoms with Gasteiger partial charge in [-0.1, -0.05) is 20.8 Å². The first-order valence-corrected chi connectivity index (χ1v) is 7.75. The Kier molecular flexibility index (Phi) is 3.71. The molecule has 116 valence electrons. The van der Waals surface area contributed by atoms with Crippen molar-refractivity contribution in [3.8, 4) is 0 Å². The van der Waals surface area contributed by atoms with E-state index in [0.717, 1.165) is 12.8 Å². The van der Waals surface area contributed by atoms with Crippen LogP contribution >= 0.6 is 0 Å². The van der Waals surface area contributed by atoms with Gasteiger partial charge in [0, 0.05) is 0 Å². The van der Waals surface area contributed by atoms with Crippen molar-refractivity contribution in [1.82, 2.24) is 4.90 Å². The average Bonchev–Trinajstić information content (AvgIpc) is 2.69. The van der Waals surface area contributed by atoms with Crippen molar-refractivity contribution in [2.75, 3.05) is 20.7 Å². The van der Waals surface area contributed by atoms with E-state index in [9.17, 15) is 4.79 Å². The van der Waals surface area contributed by atoms with Crippen molar-refractivity contribution in [3.05, 3.63) is 0 Å². The van der Waals surface area contributed by atoms with Gasteiger partial charge in [0.25, 0.3) is 0 Å². The Hall–Kier alpha value is -0.610. The van der Waals surface area contributed by atoms with Crippen LogP contribution in [0.3, 0.4) is 0 Å². The van der Waals surface area contributed by atoms with E-state index in [-0.39, 0.29) is 22.3 Å². The summed E-state index contributed by atoms with van der Waals surface area (Å²) in [6, 6.07) is -0.577. The highest BCUT2D eigenvalue weighted by Crippen LogP contribution is 2.71. The van der Waals surface area contributed by atoms with Gasteiger partial charge in [-0.3, -0.25) is 4.79 Å². The summed E-state index contributed by atoms with van der Waals surface area (Å²) in [6.07, 6.45) is 3.37. The molecule has 2 rings (SSSR count). The molecular formula is C16H30N2O2. The first kappa shape index (κ1) is 15.8. The van der Waals surface area contributed by atoms with Crippen molar-refractivity contribution < 1.29 is 9.53 Å². The molecule has 20 heavy (non-hydrogen) atoms. The van der Waals surface area contributed by atoms with Gasteiger partial charge < -0.3 is 15.4 Å². The van der Waals surface area contributed by atoms with Gasteiger partial charge in [0.05, 0.1) is 12.1 Å². The van der Waals surface area contributed by atoms with Crippen LogP contribution in [-0.4, -0.2) is 43.2 Å². The zero-order chi connectivity index (χ0) is 15.3. The van der Waals surface area contributed by atoms with E-state index in [1.54, 1.807) is 0 Å². The first-order chi connectivity index (χ1) is 9.15. The SMILES string of the molecule is CCOC(=O)[C@@H](N)[C@@]1(N(C)C)C[C@H]2CC[C@@]1(C)C2(C)C. The second kappa shape index (κ2) is 4.70. The molecule has 4 nitrogen and oxygen atoms in total. The van der Waals surface area contributed by atoms with Crippen molar-refractivity contribution in [2.45, 2.75) is 58.5 Å². The smallest absolute Gasteiger partial charge is 0.324 e. The van der Waals surface area contributed by atoms with Crippen molar-refractivity contribution in [3.63, 3.8) is 0 Å². The molecule has 2 N–H and O–H groups in total. The summed E-state index contributed by atoms with van der Waals surface area (Å²) in [5.74, 6) is 0.376. The van der Waals surface area contributed by atoms with Gasteiger partial charge >= 0.3 is 5.97 Å². The fraction of sp³-hybridized carbons (Fsp3) is 0.938. The molecule has 4 atom stereocenters. The Morgan fingerprint density at radius 1 is 1.40 bits per heavy atom. The number of carbonyl (C=O) groups excluding carboxylic acids is 1. The summed E-state index contributed by atoms with van der Waals surface area (Å²) in [5, 5.41) is 0. The van der Waals surface area contributed by atoms with E-state index in [1.807, 2.05) is 6.92 Å². The molecule has 2 aliphatic carbocycles. The number of nitrogens with two attached hydrogens (primary N) is 1. The van der Waals surface area contributed by atoms with Gasteiger partial charge in [0.1, 0.15) is 6.04 Å². The van der Waals surface area contributed by atoms with Gasteiger partial charge in [0.15, 0.2) is 0 Å². The first-order valence-electron chi connectivity index (χ1n) is 7.75. The molecule has 2 fully saturated rings. The van der Waals surface area contributed by atoms with Crippen LogP contribution in [0.2, 0.25) is 0 Å². The molecule has 0 aliphatic heterocycles. The maximum Gasteiger partial charge on any atom is 0.324 e. The van der Waals surface area contributed by atoms with E-state index < -0.39 is 6.04 Å². The quantitative estimate of drug-likeness (QED) is 0.802. The van der Waals surface area contributed by atoms with E-state index in [2.05, 4.69) is 39.8 Å². The van der Waals surface area contributed by atoms with Crippen molar-refractivity contribution in [1.29, 1.82) is 0 Å². The lowest BCUT2D eigenvalue weighted by Crippen LogP contribution is -2.68. The Morgan fingerprint density at radius 3 is 2.35 bits per heavy atom. The molecule has 0 amide bonds. The van der Waals surface area contributed by atoms with Crippen LogP contribution in [-0.2, 0) is 9.53 Å². The van der Waals surface area contributed by atoms with Crippen LogP contribution in [0.1, 0.15) is 47.0 Å². The molecule has 0 saturated heterocycles. The van der Waals surface area contributed by atoms with Gasteiger partial charge in [-0.05, 0) is 57.0 Å². The molecule has 0 heterocycles. The lowest BCUT2D eigenvalue weighted by Gasteiger charge is -2.54. The molecule has 0 radical (unpaired) electrons. The van der Waals surface area contributed by atoms with Crippen molar-refractivity contribution in [2.24, 2.45) is 22.5 Å². The lowest BCUT2D eigenvalue weighted by atomic mass is 9.59. The summed E-state index contributed by atoms with van der Waals surface area (Å²) in [7, 11) is 4.11. The third-order valence-corrected chi connectivity index (χ3v) is 6.80. The fourth-order valence-corrected chi connectivity index (χ4v) is 5.18. The number of likely N-dealkylation sites (N-methyl/N-ethyl adjacent to an activating group) is 1. The van der Waals surface area contributed by atoms with Gasteiger partial charge in [0.2, 0.25) is 0 Å². The minimum absolute atomic E-state index is 0.0420. The van der Waals surface area contributed by atoms with Crippen LogP contribution < -0.4 is 5.73 Å². The number of hydrogen-bond donors (Lipinski definition) is 1. The monoisotopic (exact) mass is 282 g/mol. The molecule has 2 bridgehead atoms. The zero-order valence-electron chi connectivity index (χ0n) is 13.8. The molecule has 2 saturated carbocycles. The normalized spacial score (nSPS) is 40.1. The van der Waals surface area contributed by atoms with Gasteiger partial charge in [-0.15, -0.1) is 0 Å². The highest BCUT2D eigenvalue weighted by Gasteiger charge is 2.72. The predicted octanol–water partition coefficient (Wildman–Crippen LogP) is 2.02. The maximum atomic E-state index is 12.3. The second-order valence-electron chi connectivity index (χ2n) is 7.54. The van der Waals surface area contributed by atoms with Crippen molar-refractivity contribution >= 4 is 5.97 Å². The van der Waals surface area contributed by atoms with Crippen LogP contribution in [0.15, 0.2) is 0 Å². The number of hydrogen-bond acceptors (Lipinski definition) is 4. The van der Waals surface area contributed by atoms with E-state index in [1.165, 1.54) is 6.42 Å². The third kappa shape index (κ3) is 1.64. The van der Waals surface area contributed by atoms with E-state index in [0.29, 0.717) is 12.5 Å². The Labute approximate surface area is 123 Å². The number of fused-ring (bicyclic) bond motifs is 2. The number of nitrogens with zero attached hydrogens (tertiary/aromatic N) is 1. The van der Waals surface area contributed by atoms with Crippen LogP contribution in [0.25, 0.3) is 0 Å². The standard InChI is InChI=1S/C16H30N2O2/c1-7-20-13(19)12(17)16(18(5)6)10-11-8-9-15(16,4)14(11,2)3/h11-12H,7-10,17H2,1-6H3/t11-,12-,15+,16+/m1/s1. The lowest BCUT2D eigenvalue weighted by molar-refractivity contribution is -0.153.